The highest BCUT2D eigenvalue weighted by Crippen LogP contribution is 2.15. The fourth-order valence-electron chi connectivity index (χ4n) is 6.61. The van der Waals surface area contributed by atoms with Gasteiger partial charge in [0.05, 0.1) is 13.1 Å². The van der Waals surface area contributed by atoms with Crippen LogP contribution in [0.4, 0.5) is 0 Å². The van der Waals surface area contributed by atoms with Crippen molar-refractivity contribution in [1.29, 1.82) is 0 Å². The number of esters is 2. The van der Waals surface area contributed by atoms with Crippen molar-refractivity contribution in [3.05, 3.63) is 0 Å². The zero-order valence-corrected chi connectivity index (χ0v) is 33.7. The molecule has 0 heterocycles. The second-order valence-electron chi connectivity index (χ2n) is 15.1. The van der Waals surface area contributed by atoms with Gasteiger partial charge in [-0.05, 0) is 19.8 Å². The van der Waals surface area contributed by atoms with E-state index in [1.807, 2.05) is 0 Å². The summed E-state index contributed by atoms with van der Waals surface area (Å²) in [7, 11) is 0. The second kappa shape index (κ2) is 38.6. The molecule has 0 aromatic rings. The van der Waals surface area contributed by atoms with Crippen LogP contribution < -0.4 is 5.73 Å². The van der Waals surface area contributed by atoms with Gasteiger partial charge in [0.15, 0.2) is 6.04 Å². The van der Waals surface area contributed by atoms with Gasteiger partial charge in [-0.2, -0.15) is 0 Å². The van der Waals surface area contributed by atoms with Crippen LogP contribution in [0, 0.1) is 0 Å². The van der Waals surface area contributed by atoms with Crippen molar-refractivity contribution in [2.45, 2.75) is 232 Å². The highest BCUT2D eigenvalue weighted by molar-refractivity contribution is 5.80. The van der Waals surface area contributed by atoms with Crippen molar-refractivity contribution in [2.24, 2.45) is 0 Å². The Bertz CT molecular complexity index is 708. The molecule has 1 amide bonds. The SMILES string of the molecule is CCCCCCCCCCCCCCCCCC(=O)OCCN(CCOC(=O)CCCCCCCCCCCCCCCCC)C(=O)C(C)[NH3+]. The highest BCUT2D eigenvalue weighted by atomic mass is 16.5. The van der Waals surface area contributed by atoms with Crippen LogP contribution in [0.1, 0.15) is 226 Å². The number of carbonyl (C=O) groups is 3. The molecule has 0 aliphatic carbocycles. The number of hydrogen-bond donors (Lipinski definition) is 1. The Balaban J connectivity index is 3.77. The molecule has 1 atom stereocenters. The van der Waals surface area contributed by atoms with Gasteiger partial charge < -0.3 is 20.1 Å². The van der Waals surface area contributed by atoms with Crippen LogP contribution in [0.3, 0.4) is 0 Å². The molecule has 3 N–H and O–H groups in total. The molecule has 0 spiro atoms. The first-order valence-corrected chi connectivity index (χ1v) is 21.8. The maximum absolute atomic E-state index is 12.6. The van der Waals surface area contributed by atoms with Gasteiger partial charge in [0.25, 0.3) is 5.91 Å². The predicted octanol–water partition coefficient (Wildman–Crippen LogP) is 11.1. The number of rotatable bonds is 39. The number of hydrogen-bond acceptors (Lipinski definition) is 5. The lowest BCUT2D eigenvalue weighted by Gasteiger charge is -2.23. The first kappa shape index (κ1) is 48.4. The second-order valence-corrected chi connectivity index (χ2v) is 15.1. The van der Waals surface area contributed by atoms with E-state index >= 15 is 0 Å². The molecule has 7 heteroatoms. The molecule has 0 bridgehead atoms. The third-order valence-corrected chi connectivity index (χ3v) is 9.95. The van der Waals surface area contributed by atoms with Crippen LogP contribution in [0.2, 0.25) is 0 Å². The predicted molar refractivity (Wildman–Crippen MR) is 210 cm³/mol. The van der Waals surface area contributed by atoms with Crippen LogP contribution in [0.5, 0.6) is 0 Å². The van der Waals surface area contributed by atoms with Crippen LogP contribution in [-0.2, 0) is 23.9 Å². The average Bonchev–Trinajstić information content (AvgIpc) is 3.10. The van der Waals surface area contributed by atoms with E-state index in [9.17, 15) is 14.4 Å². The Labute approximate surface area is 310 Å². The lowest BCUT2D eigenvalue weighted by Crippen LogP contribution is -2.66. The maximum atomic E-state index is 12.6. The van der Waals surface area contributed by atoms with E-state index in [2.05, 4.69) is 19.6 Å². The van der Waals surface area contributed by atoms with E-state index in [-0.39, 0.29) is 31.1 Å². The lowest BCUT2D eigenvalue weighted by molar-refractivity contribution is -0.400. The molecule has 0 rings (SSSR count). The molecule has 0 aromatic carbocycles. The molecular formula is C43H85N2O5+. The van der Waals surface area contributed by atoms with E-state index in [4.69, 9.17) is 9.47 Å². The number of quaternary nitrogens is 1. The monoisotopic (exact) mass is 710 g/mol. The summed E-state index contributed by atoms with van der Waals surface area (Å²) in [5, 5.41) is 0. The Hall–Kier alpha value is -1.63. The van der Waals surface area contributed by atoms with Crippen molar-refractivity contribution in [1.82, 2.24) is 4.90 Å². The smallest absolute Gasteiger partial charge is 0.305 e. The normalized spacial score (nSPS) is 11.8. The molecule has 7 nitrogen and oxygen atoms in total. The van der Waals surface area contributed by atoms with Gasteiger partial charge in [-0.1, -0.05) is 194 Å². The van der Waals surface area contributed by atoms with E-state index in [0.717, 1.165) is 25.7 Å². The van der Waals surface area contributed by atoms with E-state index in [1.165, 1.54) is 167 Å². The van der Waals surface area contributed by atoms with E-state index in [1.54, 1.807) is 11.8 Å². The lowest BCUT2D eigenvalue weighted by atomic mass is 10.0. The topological polar surface area (TPSA) is 101 Å². The molecule has 50 heavy (non-hydrogen) atoms. The minimum Gasteiger partial charge on any atom is -0.464 e. The third-order valence-electron chi connectivity index (χ3n) is 9.95. The molecule has 1 unspecified atom stereocenters. The molecule has 296 valence electrons. The molecule has 0 saturated heterocycles. The standard InChI is InChI=1S/C43H84N2O5/c1-4-6-8-10-12-14-16-18-20-22-24-26-28-30-32-34-41(46)49-38-36-45(43(48)40(3)44)37-39-50-42(47)35-33-31-29-27-25-23-21-19-17-15-13-11-9-7-5-2/h40H,4-39,44H2,1-3H3/p+1. The molecule has 0 saturated carbocycles. The van der Waals surface area contributed by atoms with Gasteiger partial charge in [0, 0.05) is 12.8 Å². The fourth-order valence-corrected chi connectivity index (χ4v) is 6.61. The quantitative estimate of drug-likeness (QED) is 0.0506. The van der Waals surface area contributed by atoms with Crippen molar-refractivity contribution < 1.29 is 29.6 Å². The Morgan fingerprint density at radius 2 is 0.680 bits per heavy atom. The van der Waals surface area contributed by atoms with Crippen molar-refractivity contribution in [3.63, 3.8) is 0 Å². The average molecular weight is 710 g/mol. The summed E-state index contributed by atoms with van der Waals surface area (Å²) in [5.41, 5.74) is 3.85. The zero-order chi connectivity index (χ0) is 36.8. The molecule has 0 aliphatic heterocycles. The molecule has 0 radical (unpaired) electrons. The van der Waals surface area contributed by atoms with E-state index < -0.39 is 6.04 Å². The summed E-state index contributed by atoms with van der Waals surface area (Å²) in [5.74, 6) is -0.531. The number of ether oxygens (including phenoxy) is 2. The summed E-state index contributed by atoms with van der Waals surface area (Å²) in [6.45, 7) is 7.19. The van der Waals surface area contributed by atoms with Gasteiger partial charge in [0.2, 0.25) is 0 Å². The molecule has 0 fully saturated rings. The summed E-state index contributed by atoms with van der Waals surface area (Å²) >= 11 is 0. The van der Waals surface area contributed by atoms with Crippen LogP contribution in [0.25, 0.3) is 0 Å². The van der Waals surface area contributed by atoms with Gasteiger partial charge in [-0.15, -0.1) is 0 Å². The first-order valence-electron chi connectivity index (χ1n) is 21.8. The largest absolute Gasteiger partial charge is 0.464 e. The van der Waals surface area contributed by atoms with Crippen molar-refractivity contribution in [3.8, 4) is 0 Å². The van der Waals surface area contributed by atoms with Gasteiger partial charge in [-0.25, -0.2) is 0 Å². The third kappa shape index (κ3) is 34.8. The fraction of sp³-hybridized carbons (Fsp3) is 0.930. The molecule has 0 aliphatic rings. The van der Waals surface area contributed by atoms with Gasteiger partial charge in [-0.3, -0.25) is 14.4 Å². The molecular weight excluding hydrogens is 624 g/mol. The summed E-state index contributed by atoms with van der Waals surface area (Å²) < 4.78 is 10.9. The van der Waals surface area contributed by atoms with Crippen molar-refractivity contribution >= 4 is 17.8 Å². The van der Waals surface area contributed by atoms with Crippen molar-refractivity contribution in [2.75, 3.05) is 26.3 Å². The minimum absolute atomic E-state index is 0.123. The minimum atomic E-state index is -0.415. The number of amides is 1. The number of carbonyl (C=O) groups excluding carboxylic acids is 3. The first-order chi connectivity index (χ1) is 24.4. The Morgan fingerprint density at radius 3 is 0.920 bits per heavy atom. The Kier molecular flexibility index (Phi) is 37.3. The zero-order valence-electron chi connectivity index (χ0n) is 33.7. The summed E-state index contributed by atoms with van der Waals surface area (Å²) in [6, 6.07) is -0.415. The number of nitrogens with zero attached hydrogens (tertiary/aromatic N) is 1. The van der Waals surface area contributed by atoms with Crippen LogP contribution in [0.15, 0.2) is 0 Å². The van der Waals surface area contributed by atoms with Gasteiger partial charge in [0.1, 0.15) is 13.2 Å². The Morgan fingerprint density at radius 1 is 0.440 bits per heavy atom. The van der Waals surface area contributed by atoms with Crippen LogP contribution >= 0.6 is 0 Å². The molecule has 0 aromatic heterocycles. The van der Waals surface area contributed by atoms with Crippen LogP contribution in [-0.4, -0.2) is 55.1 Å². The van der Waals surface area contributed by atoms with E-state index in [0.29, 0.717) is 25.9 Å². The summed E-state index contributed by atoms with van der Waals surface area (Å²) in [4.78, 5) is 38.7. The summed E-state index contributed by atoms with van der Waals surface area (Å²) in [6.07, 6.45) is 39.7. The highest BCUT2D eigenvalue weighted by Gasteiger charge is 2.20. The maximum Gasteiger partial charge on any atom is 0.305 e. The van der Waals surface area contributed by atoms with Gasteiger partial charge >= 0.3 is 11.9 Å². The number of unbranched alkanes of at least 4 members (excludes halogenated alkanes) is 28.